The van der Waals surface area contributed by atoms with Crippen LogP contribution in [0.2, 0.25) is 0 Å². The molecule has 2 heterocycles. The largest absolute Gasteiger partial charge is 0.416 e. The molecule has 0 spiro atoms. The van der Waals surface area contributed by atoms with E-state index in [-0.39, 0.29) is 17.5 Å². The summed E-state index contributed by atoms with van der Waals surface area (Å²) in [6.07, 6.45) is -8.20. The summed E-state index contributed by atoms with van der Waals surface area (Å²) in [6, 6.07) is 3.78. The molecule has 2 aliphatic rings. The third kappa shape index (κ3) is 5.77. The Kier molecular flexibility index (Phi) is 7.71. The summed E-state index contributed by atoms with van der Waals surface area (Å²) in [4.78, 5) is 18.8. The molecule has 2 saturated heterocycles. The quantitative estimate of drug-likeness (QED) is 0.377. The predicted molar refractivity (Wildman–Crippen MR) is 128 cm³/mol. The van der Waals surface area contributed by atoms with Crippen molar-refractivity contribution in [1.29, 1.82) is 0 Å². The van der Waals surface area contributed by atoms with Crippen molar-refractivity contribution >= 4 is 6.03 Å². The SMILES string of the molecule is Cc1cc(F)ccc1C1C(CN2CCC2)CCN1C(=O)N(C)C(C)c1cc(C(F)(F)F)cc(C(F)(F)F)c1. The number of alkyl halides is 6. The van der Waals surface area contributed by atoms with Crippen molar-refractivity contribution in [2.75, 3.05) is 33.2 Å². The van der Waals surface area contributed by atoms with Gasteiger partial charge in [0.05, 0.1) is 23.2 Å². The molecule has 0 aliphatic carbocycles. The lowest BCUT2D eigenvalue weighted by atomic mass is 9.89. The molecule has 2 aromatic carbocycles. The van der Waals surface area contributed by atoms with Gasteiger partial charge >= 0.3 is 18.4 Å². The fourth-order valence-corrected chi connectivity index (χ4v) is 5.36. The predicted octanol–water partition coefficient (Wildman–Crippen LogP) is 7.05. The number of aryl methyl sites for hydroxylation is 1. The second-order valence-corrected chi connectivity index (χ2v) is 10.3. The summed E-state index contributed by atoms with van der Waals surface area (Å²) in [7, 11) is 1.37. The van der Waals surface area contributed by atoms with E-state index in [9.17, 15) is 35.5 Å². The molecular weight excluding hydrogens is 515 g/mol. The first-order valence-electron chi connectivity index (χ1n) is 12.5. The number of rotatable bonds is 5. The van der Waals surface area contributed by atoms with Gasteiger partial charge in [0.25, 0.3) is 0 Å². The first kappa shape index (κ1) is 28.2. The Hall–Kier alpha value is -2.82. The average Bonchev–Trinajstić information content (AvgIpc) is 3.22. The maximum atomic E-state index is 13.9. The summed E-state index contributed by atoms with van der Waals surface area (Å²) in [5.41, 5.74) is -1.67. The van der Waals surface area contributed by atoms with Crippen molar-refractivity contribution in [3.63, 3.8) is 0 Å². The number of hydrogen-bond acceptors (Lipinski definition) is 2. The molecule has 4 rings (SSSR count). The van der Waals surface area contributed by atoms with Gasteiger partial charge in [0, 0.05) is 20.1 Å². The van der Waals surface area contributed by atoms with Gasteiger partial charge in [-0.15, -0.1) is 0 Å². The van der Waals surface area contributed by atoms with Gasteiger partial charge in [-0.2, -0.15) is 26.3 Å². The van der Waals surface area contributed by atoms with Crippen molar-refractivity contribution in [3.05, 3.63) is 70.0 Å². The van der Waals surface area contributed by atoms with Gasteiger partial charge < -0.3 is 14.7 Å². The smallest absolute Gasteiger partial charge is 0.321 e. The molecule has 0 bridgehead atoms. The van der Waals surface area contributed by atoms with Crippen LogP contribution in [-0.4, -0.2) is 54.0 Å². The fraction of sp³-hybridized carbons (Fsp3) is 0.519. The van der Waals surface area contributed by atoms with Crippen LogP contribution in [0.1, 0.15) is 59.7 Å². The van der Waals surface area contributed by atoms with Crippen LogP contribution in [-0.2, 0) is 12.4 Å². The molecule has 2 amide bonds. The van der Waals surface area contributed by atoms with Crippen molar-refractivity contribution in [2.45, 2.75) is 51.1 Å². The summed E-state index contributed by atoms with van der Waals surface area (Å²) >= 11 is 0. The summed E-state index contributed by atoms with van der Waals surface area (Å²) < 4.78 is 94.3. The lowest BCUT2D eigenvalue weighted by Gasteiger charge is -2.38. The zero-order chi connectivity index (χ0) is 28.0. The van der Waals surface area contributed by atoms with E-state index < -0.39 is 47.4 Å². The van der Waals surface area contributed by atoms with Gasteiger partial charge in [0.15, 0.2) is 0 Å². The van der Waals surface area contributed by atoms with Crippen LogP contribution in [0.25, 0.3) is 0 Å². The number of amides is 2. The topological polar surface area (TPSA) is 26.8 Å². The van der Waals surface area contributed by atoms with Gasteiger partial charge in [0.2, 0.25) is 0 Å². The van der Waals surface area contributed by atoms with Crippen molar-refractivity contribution < 1.29 is 35.5 Å². The Bertz CT molecular complexity index is 1140. The Morgan fingerprint density at radius 2 is 1.61 bits per heavy atom. The lowest BCUT2D eigenvalue weighted by molar-refractivity contribution is -0.143. The molecule has 38 heavy (non-hydrogen) atoms. The van der Waals surface area contributed by atoms with Crippen molar-refractivity contribution in [1.82, 2.24) is 14.7 Å². The molecule has 11 heteroatoms. The van der Waals surface area contributed by atoms with Crippen LogP contribution >= 0.6 is 0 Å². The van der Waals surface area contributed by atoms with E-state index in [1.54, 1.807) is 17.9 Å². The van der Waals surface area contributed by atoms with Gasteiger partial charge in [-0.05, 0) is 92.7 Å². The minimum Gasteiger partial charge on any atom is -0.321 e. The molecule has 2 aromatic rings. The molecule has 208 valence electrons. The van der Waals surface area contributed by atoms with E-state index in [1.165, 1.54) is 31.0 Å². The molecule has 3 unspecified atom stereocenters. The van der Waals surface area contributed by atoms with Crippen LogP contribution in [0.3, 0.4) is 0 Å². The summed E-state index contributed by atoms with van der Waals surface area (Å²) in [5, 5.41) is 0. The number of carbonyl (C=O) groups excluding carboxylic acids is 1. The lowest BCUT2D eigenvalue weighted by Crippen LogP contribution is -2.45. The van der Waals surface area contributed by atoms with Gasteiger partial charge in [-0.1, -0.05) is 6.07 Å². The minimum absolute atomic E-state index is 0.0532. The molecule has 3 atom stereocenters. The Balaban J connectivity index is 1.65. The molecule has 4 nitrogen and oxygen atoms in total. The van der Waals surface area contributed by atoms with Crippen LogP contribution in [0.4, 0.5) is 35.5 Å². The van der Waals surface area contributed by atoms with E-state index in [0.29, 0.717) is 30.7 Å². The van der Waals surface area contributed by atoms with Gasteiger partial charge in [0.1, 0.15) is 5.82 Å². The van der Waals surface area contributed by atoms with Crippen LogP contribution in [0.5, 0.6) is 0 Å². The average molecular weight is 546 g/mol. The highest BCUT2D eigenvalue weighted by molar-refractivity contribution is 5.76. The molecule has 0 saturated carbocycles. The summed E-state index contributed by atoms with van der Waals surface area (Å²) in [5.74, 6) is -0.352. The second kappa shape index (κ2) is 10.4. The molecular formula is C27H30F7N3O. The van der Waals surface area contributed by atoms with E-state index >= 15 is 0 Å². The van der Waals surface area contributed by atoms with Crippen LogP contribution in [0, 0.1) is 18.7 Å². The Morgan fingerprint density at radius 1 is 1.00 bits per heavy atom. The highest BCUT2D eigenvalue weighted by Gasteiger charge is 2.42. The fourth-order valence-electron chi connectivity index (χ4n) is 5.36. The first-order chi connectivity index (χ1) is 17.7. The van der Waals surface area contributed by atoms with Crippen molar-refractivity contribution in [3.8, 4) is 0 Å². The standard InChI is InChI=1S/C27H30F7N3O/c1-16-11-22(28)5-6-23(16)24-18(15-36-8-4-9-36)7-10-37(24)25(38)35(3)17(2)19-12-20(26(29,30)31)14-21(13-19)27(32,33)34/h5-6,11-14,17-18,24H,4,7-10,15H2,1-3H3. The van der Waals surface area contributed by atoms with E-state index in [2.05, 4.69) is 4.90 Å². The minimum atomic E-state index is -4.98. The van der Waals surface area contributed by atoms with E-state index in [4.69, 9.17) is 0 Å². The third-order valence-electron chi connectivity index (χ3n) is 7.74. The number of hydrogen-bond donors (Lipinski definition) is 0. The van der Waals surface area contributed by atoms with Crippen molar-refractivity contribution in [2.24, 2.45) is 5.92 Å². The van der Waals surface area contributed by atoms with E-state index in [1.807, 2.05) is 0 Å². The first-order valence-corrected chi connectivity index (χ1v) is 12.5. The maximum Gasteiger partial charge on any atom is 0.416 e. The maximum absolute atomic E-state index is 13.9. The number of carbonyl (C=O) groups is 1. The molecule has 2 aliphatic heterocycles. The molecule has 0 aromatic heterocycles. The number of nitrogens with zero attached hydrogens (tertiary/aromatic N) is 3. The normalized spacial score (nSPS) is 21.4. The second-order valence-electron chi connectivity index (χ2n) is 10.3. The number of halogens is 7. The van der Waals surface area contributed by atoms with Crippen LogP contribution < -0.4 is 0 Å². The molecule has 0 radical (unpaired) electrons. The molecule has 0 N–H and O–H groups in total. The number of benzene rings is 2. The van der Waals surface area contributed by atoms with E-state index in [0.717, 1.165) is 31.6 Å². The number of urea groups is 1. The Labute approximate surface area is 217 Å². The third-order valence-corrected chi connectivity index (χ3v) is 7.74. The van der Waals surface area contributed by atoms with Gasteiger partial charge in [-0.25, -0.2) is 9.18 Å². The zero-order valence-corrected chi connectivity index (χ0v) is 21.3. The zero-order valence-electron chi connectivity index (χ0n) is 21.3. The Morgan fingerprint density at radius 3 is 2.11 bits per heavy atom. The summed E-state index contributed by atoms with van der Waals surface area (Å²) in [6.45, 7) is 6.17. The monoisotopic (exact) mass is 545 g/mol. The van der Waals surface area contributed by atoms with Crippen LogP contribution in [0.15, 0.2) is 36.4 Å². The molecule has 2 fully saturated rings. The highest BCUT2D eigenvalue weighted by atomic mass is 19.4. The van der Waals surface area contributed by atoms with Gasteiger partial charge in [-0.3, -0.25) is 0 Å². The number of likely N-dealkylation sites (tertiary alicyclic amines) is 2. The highest BCUT2D eigenvalue weighted by Crippen LogP contribution is 2.42.